The lowest BCUT2D eigenvalue weighted by Gasteiger charge is -2.10. The molecule has 1 aromatic rings. The van der Waals surface area contributed by atoms with Gasteiger partial charge in [0.05, 0.1) is 12.8 Å². The predicted octanol–water partition coefficient (Wildman–Crippen LogP) is 1.89. The SMILES string of the molecule is Clc1nc(Cl)nc(NCC2CC=CO2)n1. The highest BCUT2D eigenvalue weighted by molar-refractivity contribution is 6.31. The summed E-state index contributed by atoms with van der Waals surface area (Å²) in [5.74, 6) is 0.357. The van der Waals surface area contributed by atoms with Crippen LogP contribution in [0.4, 0.5) is 5.95 Å². The van der Waals surface area contributed by atoms with E-state index in [1.807, 2.05) is 6.08 Å². The first kappa shape index (κ1) is 10.4. The zero-order chi connectivity index (χ0) is 10.7. The van der Waals surface area contributed by atoms with Crippen molar-refractivity contribution < 1.29 is 4.74 Å². The van der Waals surface area contributed by atoms with E-state index in [1.54, 1.807) is 6.26 Å². The molecule has 0 saturated heterocycles. The lowest BCUT2D eigenvalue weighted by atomic mass is 10.3. The Balaban J connectivity index is 1.92. The Bertz CT molecular complexity index is 357. The maximum Gasteiger partial charge on any atom is 0.228 e. The maximum atomic E-state index is 5.62. The van der Waals surface area contributed by atoms with Gasteiger partial charge in [0.25, 0.3) is 0 Å². The van der Waals surface area contributed by atoms with Gasteiger partial charge in [-0.15, -0.1) is 0 Å². The number of hydrogen-bond donors (Lipinski definition) is 1. The van der Waals surface area contributed by atoms with Crippen LogP contribution in [0.3, 0.4) is 0 Å². The molecular weight excluding hydrogens is 239 g/mol. The number of aromatic nitrogens is 3. The Morgan fingerprint density at radius 2 is 2.07 bits per heavy atom. The van der Waals surface area contributed by atoms with Gasteiger partial charge in [0.2, 0.25) is 16.5 Å². The van der Waals surface area contributed by atoms with E-state index in [4.69, 9.17) is 27.9 Å². The summed E-state index contributed by atoms with van der Waals surface area (Å²) in [5.41, 5.74) is 0. The Hall–Kier alpha value is -1.07. The second-order valence-corrected chi connectivity index (χ2v) is 3.62. The van der Waals surface area contributed by atoms with Gasteiger partial charge in [-0.3, -0.25) is 0 Å². The first-order chi connectivity index (χ1) is 7.24. The van der Waals surface area contributed by atoms with Crippen LogP contribution in [-0.2, 0) is 4.74 Å². The quantitative estimate of drug-likeness (QED) is 0.883. The molecule has 1 unspecified atom stereocenters. The molecule has 0 amide bonds. The van der Waals surface area contributed by atoms with Gasteiger partial charge < -0.3 is 10.1 Å². The molecule has 0 bridgehead atoms. The minimum Gasteiger partial charge on any atom is -0.496 e. The molecule has 0 aliphatic carbocycles. The number of halogens is 2. The molecule has 1 aliphatic rings. The zero-order valence-corrected chi connectivity index (χ0v) is 9.16. The first-order valence-corrected chi connectivity index (χ1v) is 5.11. The molecule has 0 radical (unpaired) electrons. The summed E-state index contributed by atoms with van der Waals surface area (Å²) in [5, 5.41) is 3.12. The summed E-state index contributed by atoms with van der Waals surface area (Å²) >= 11 is 11.2. The predicted molar refractivity (Wildman–Crippen MR) is 57.0 cm³/mol. The molecule has 0 fully saturated rings. The van der Waals surface area contributed by atoms with Crippen molar-refractivity contribution in [3.05, 3.63) is 22.9 Å². The average Bonchev–Trinajstić information content (AvgIpc) is 2.65. The van der Waals surface area contributed by atoms with Crippen LogP contribution in [-0.4, -0.2) is 27.6 Å². The second kappa shape index (κ2) is 4.63. The topological polar surface area (TPSA) is 59.9 Å². The van der Waals surface area contributed by atoms with E-state index in [9.17, 15) is 0 Å². The van der Waals surface area contributed by atoms with E-state index in [0.717, 1.165) is 6.42 Å². The van der Waals surface area contributed by atoms with Crippen molar-refractivity contribution in [3.8, 4) is 0 Å². The van der Waals surface area contributed by atoms with E-state index < -0.39 is 0 Å². The fraction of sp³-hybridized carbons (Fsp3) is 0.375. The highest BCUT2D eigenvalue weighted by Crippen LogP contribution is 2.12. The average molecular weight is 247 g/mol. The molecule has 2 heterocycles. The second-order valence-electron chi connectivity index (χ2n) is 2.94. The van der Waals surface area contributed by atoms with Gasteiger partial charge >= 0.3 is 0 Å². The highest BCUT2D eigenvalue weighted by atomic mass is 35.5. The van der Waals surface area contributed by atoms with E-state index >= 15 is 0 Å². The van der Waals surface area contributed by atoms with Crippen LogP contribution >= 0.6 is 23.2 Å². The van der Waals surface area contributed by atoms with Crippen LogP contribution in [0.5, 0.6) is 0 Å². The van der Waals surface area contributed by atoms with Crippen molar-refractivity contribution in [2.75, 3.05) is 11.9 Å². The van der Waals surface area contributed by atoms with Gasteiger partial charge in [0.15, 0.2) is 0 Å². The molecule has 5 nitrogen and oxygen atoms in total. The third-order valence-corrected chi connectivity index (χ3v) is 2.17. The molecule has 15 heavy (non-hydrogen) atoms. The molecule has 2 rings (SSSR count). The fourth-order valence-corrected chi connectivity index (χ4v) is 1.53. The van der Waals surface area contributed by atoms with Crippen LogP contribution < -0.4 is 5.32 Å². The van der Waals surface area contributed by atoms with Crippen molar-refractivity contribution in [2.24, 2.45) is 0 Å². The minimum atomic E-state index is 0.0722. The molecule has 1 aromatic heterocycles. The van der Waals surface area contributed by atoms with E-state index in [2.05, 4.69) is 20.3 Å². The lowest BCUT2D eigenvalue weighted by molar-refractivity contribution is 0.182. The maximum absolute atomic E-state index is 5.62. The summed E-state index contributed by atoms with van der Waals surface area (Å²) in [4.78, 5) is 11.4. The standard InChI is InChI=1S/C8H8Cl2N4O/c9-6-12-7(10)14-8(13-6)11-4-5-2-1-3-15-5/h1,3,5H,2,4H2,(H,11,12,13,14). The van der Waals surface area contributed by atoms with Crippen molar-refractivity contribution >= 4 is 29.2 Å². The molecular formula is C8H8Cl2N4O. The van der Waals surface area contributed by atoms with Crippen LogP contribution in [0.1, 0.15) is 6.42 Å². The van der Waals surface area contributed by atoms with E-state index in [1.165, 1.54) is 0 Å². The van der Waals surface area contributed by atoms with Crippen molar-refractivity contribution in [3.63, 3.8) is 0 Å². The number of nitrogens with zero attached hydrogens (tertiary/aromatic N) is 3. The summed E-state index contributed by atoms with van der Waals surface area (Å²) in [6.07, 6.45) is 4.62. The Kier molecular flexibility index (Phi) is 3.23. The first-order valence-electron chi connectivity index (χ1n) is 4.35. The number of anilines is 1. The third kappa shape index (κ3) is 2.94. The fourth-order valence-electron chi connectivity index (χ4n) is 1.17. The highest BCUT2D eigenvalue weighted by Gasteiger charge is 2.12. The molecule has 80 valence electrons. The van der Waals surface area contributed by atoms with E-state index in [-0.39, 0.29) is 16.7 Å². The van der Waals surface area contributed by atoms with Gasteiger partial charge in [0, 0.05) is 6.42 Å². The molecule has 7 heteroatoms. The largest absolute Gasteiger partial charge is 0.496 e. The molecule has 1 aliphatic heterocycles. The smallest absolute Gasteiger partial charge is 0.228 e. The molecule has 1 atom stereocenters. The van der Waals surface area contributed by atoms with Crippen LogP contribution in [0, 0.1) is 0 Å². The number of rotatable bonds is 3. The van der Waals surface area contributed by atoms with Crippen LogP contribution in [0.2, 0.25) is 10.6 Å². The summed E-state index contributed by atoms with van der Waals surface area (Å²) in [6.45, 7) is 0.601. The van der Waals surface area contributed by atoms with Crippen molar-refractivity contribution in [1.29, 1.82) is 0 Å². The number of ether oxygens (including phenoxy) is 1. The van der Waals surface area contributed by atoms with Gasteiger partial charge in [-0.2, -0.15) is 15.0 Å². The Labute approximate surface area is 96.5 Å². The van der Waals surface area contributed by atoms with Gasteiger partial charge in [-0.1, -0.05) is 0 Å². The van der Waals surface area contributed by atoms with Crippen LogP contribution in [0.15, 0.2) is 12.3 Å². The molecule has 0 saturated carbocycles. The Morgan fingerprint density at radius 3 is 2.67 bits per heavy atom. The summed E-state index contributed by atoms with van der Waals surface area (Å²) in [7, 11) is 0. The van der Waals surface area contributed by atoms with Gasteiger partial charge in [-0.25, -0.2) is 0 Å². The third-order valence-electron chi connectivity index (χ3n) is 1.83. The van der Waals surface area contributed by atoms with E-state index in [0.29, 0.717) is 12.5 Å². The van der Waals surface area contributed by atoms with Gasteiger partial charge in [0.1, 0.15) is 6.10 Å². The molecule has 0 aromatic carbocycles. The summed E-state index contributed by atoms with van der Waals surface area (Å²) < 4.78 is 5.25. The Morgan fingerprint density at radius 1 is 1.33 bits per heavy atom. The summed E-state index contributed by atoms with van der Waals surface area (Å²) in [6, 6.07) is 0. The van der Waals surface area contributed by atoms with Crippen LogP contribution in [0.25, 0.3) is 0 Å². The molecule has 0 spiro atoms. The van der Waals surface area contributed by atoms with Crippen molar-refractivity contribution in [1.82, 2.24) is 15.0 Å². The minimum absolute atomic E-state index is 0.0722. The monoisotopic (exact) mass is 246 g/mol. The zero-order valence-electron chi connectivity index (χ0n) is 7.65. The van der Waals surface area contributed by atoms with Gasteiger partial charge in [-0.05, 0) is 29.3 Å². The van der Waals surface area contributed by atoms with Crippen molar-refractivity contribution in [2.45, 2.75) is 12.5 Å². The number of hydrogen-bond acceptors (Lipinski definition) is 5. The normalized spacial score (nSPS) is 18.9. The number of nitrogens with one attached hydrogen (secondary N) is 1. The molecule has 1 N–H and O–H groups in total. The lowest BCUT2D eigenvalue weighted by Crippen LogP contribution is -2.19.